The van der Waals surface area contributed by atoms with E-state index < -0.39 is 0 Å². The van der Waals surface area contributed by atoms with Crippen LogP contribution in [0.4, 0.5) is 0 Å². The van der Waals surface area contributed by atoms with Gasteiger partial charge in [-0.05, 0) is 44.2 Å². The minimum Gasteiger partial charge on any atom is -0.493 e. The lowest BCUT2D eigenvalue weighted by Gasteiger charge is -2.18. The molecule has 16 heavy (non-hydrogen) atoms. The third kappa shape index (κ3) is 2.88. The van der Waals surface area contributed by atoms with Crippen LogP contribution in [0.5, 0.6) is 5.75 Å². The van der Waals surface area contributed by atoms with Crippen molar-refractivity contribution < 1.29 is 4.74 Å². The molecule has 0 aromatic heterocycles. The summed E-state index contributed by atoms with van der Waals surface area (Å²) in [6.07, 6.45) is 2.96. The molecule has 0 aliphatic carbocycles. The highest BCUT2D eigenvalue weighted by Gasteiger charge is 2.13. The van der Waals surface area contributed by atoms with Crippen LogP contribution in [0.25, 0.3) is 0 Å². The van der Waals surface area contributed by atoms with Gasteiger partial charge in [-0.2, -0.15) is 0 Å². The average molecular weight is 218 g/mol. The fourth-order valence-corrected chi connectivity index (χ4v) is 2.07. The Labute approximate surface area is 99.1 Å². The summed E-state index contributed by atoms with van der Waals surface area (Å²) in [5.41, 5.74) is 3.83. The second-order valence-electron chi connectivity index (χ2n) is 4.36. The molecule has 0 N–H and O–H groups in total. The molecule has 0 bridgehead atoms. The summed E-state index contributed by atoms with van der Waals surface area (Å²) < 4.78 is 5.76. The predicted molar refractivity (Wildman–Crippen MR) is 70.3 cm³/mol. The molecule has 88 valence electrons. The van der Waals surface area contributed by atoms with Gasteiger partial charge in [0.15, 0.2) is 0 Å². The summed E-state index contributed by atoms with van der Waals surface area (Å²) in [6, 6.07) is 4.40. The van der Waals surface area contributed by atoms with Crippen LogP contribution in [-0.4, -0.2) is 6.61 Å². The first kappa shape index (κ1) is 12.8. The zero-order valence-corrected chi connectivity index (χ0v) is 10.8. The number of allylic oxidation sites excluding steroid dienone is 1. The maximum atomic E-state index is 5.76. The van der Waals surface area contributed by atoms with Gasteiger partial charge in [-0.25, -0.2) is 0 Å². The number of aryl methyl sites for hydroxylation is 2. The first-order valence-electron chi connectivity index (χ1n) is 5.95. The molecule has 1 aromatic carbocycles. The molecule has 1 unspecified atom stereocenters. The SMILES string of the molecule is C=CCC(C)c1cc(C)cc(C)c1OCC. The van der Waals surface area contributed by atoms with Crippen LogP contribution >= 0.6 is 0 Å². The Morgan fingerprint density at radius 1 is 1.38 bits per heavy atom. The van der Waals surface area contributed by atoms with Gasteiger partial charge in [0.2, 0.25) is 0 Å². The van der Waals surface area contributed by atoms with Gasteiger partial charge in [0.05, 0.1) is 6.61 Å². The van der Waals surface area contributed by atoms with E-state index >= 15 is 0 Å². The molecule has 1 atom stereocenters. The Bertz CT molecular complexity index is 366. The van der Waals surface area contributed by atoms with Crippen LogP contribution in [0.15, 0.2) is 24.8 Å². The van der Waals surface area contributed by atoms with E-state index in [0.29, 0.717) is 5.92 Å². The van der Waals surface area contributed by atoms with E-state index in [2.05, 4.69) is 39.5 Å². The highest BCUT2D eigenvalue weighted by Crippen LogP contribution is 2.33. The van der Waals surface area contributed by atoms with Gasteiger partial charge in [0, 0.05) is 0 Å². The molecule has 0 saturated heterocycles. The lowest BCUT2D eigenvalue weighted by molar-refractivity contribution is 0.332. The van der Waals surface area contributed by atoms with E-state index in [9.17, 15) is 0 Å². The van der Waals surface area contributed by atoms with Crippen LogP contribution in [-0.2, 0) is 0 Å². The summed E-state index contributed by atoms with van der Waals surface area (Å²) in [4.78, 5) is 0. The Kier molecular flexibility index (Phi) is 4.60. The van der Waals surface area contributed by atoms with Gasteiger partial charge in [-0.1, -0.05) is 30.7 Å². The van der Waals surface area contributed by atoms with E-state index in [1.807, 2.05) is 13.0 Å². The molecule has 1 aromatic rings. The van der Waals surface area contributed by atoms with Crippen molar-refractivity contribution >= 4 is 0 Å². The minimum absolute atomic E-state index is 0.470. The molecule has 1 heteroatoms. The molecule has 0 aliphatic rings. The molecule has 0 fully saturated rings. The second-order valence-corrected chi connectivity index (χ2v) is 4.36. The highest BCUT2D eigenvalue weighted by molar-refractivity contribution is 5.45. The number of rotatable bonds is 5. The molecular formula is C15H22O. The summed E-state index contributed by atoms with van der Waals surface area (Å²) in [5, 5.41) is 0. The Morgan fingerprint density at radius 3 is 2.62 bits per heavy atom. The normalized spacial score (nSPS) is 12.2. The first-order valence-corrected chi connectivity index (χ1v) is 5.95. The van der Waals surface area contributed by atoms with Gasteiger partial charge in [0.25, 0.3) is 0 Å². The van der Waals surface area contributed by atoms with E-state index in [1.165, 1.54) is 16.7 Å². The fraction of sp³-hybridized carbons (Fsp3) is 0.467. The number of benzene rings is 1. The first-order chi connectivity index (χ1) is 7.60. The molecule has 1 rings (SSSR count). The predicted octanol–water partition coefficient (Wildman–Crippen LogP) is 4.38. The van der Waals surface area contributed by atoms with Crippen LogP contribution in [0.1, 0.15) is 42.9 Å². The zero-order valence-electron chi connectivity index (χ0n) is 10.8. The lowest BCUT2D eigenvalue weighted by atomic mass is 9.93. The van der Waals surface area contributed by atoms with Gasteiger partial charge >= 0.3 is 0 Å². The van der Waals surface area contributed by atoms with Crippen molar-refractivity contribution in [2.45, 2.75) is 40.0 Å². The molecule has 0 aliphatic heterocycles. The van der Waals surface area contributed by atoms with Gasteiger partial charge < -0.3 is 4.74 Å². The van der Waals surface area contributed by atoms with Gasteiger partial charge in [-0.15, -0.1) is 6.58 Å². The average Bonchev–Trinajstić information content (AvgIpc) is 2.22. The summed E-state index contributed by atoms with van der Waals surface area (Å²) in [6.45, 7) is 13.0. The molecule has 0 radical (unpaired) electrons. The molecular weight excluding hydrogens is 196 g/mol. The topological polar surface area (TPSA) is 9.23 Å². The quantitative estimate of drug-likeness (QED) is 0.666. The summed E-state index contributed by atoms with van der Waals surface area (Å²) in [5.74, 6) is 1.53. The number of ether oxygens (including phenoxy) is 1. The van der Waals surface area contributed by atoms with E-state index in [0.717, 1.165) is 18.8 Å². The monoisotopic (exact) mass is 218 g/mol. The summed E-state index contributed by atoms with van der Waals surface area (Å²) in [7, 11) is 0. The Hall–Kier alpha value is -1.24. The van der Waals surface area contributed by atoms with Crippen molar-refractivity contribution in [1.29, 1.82) is 0 Å². The van der Waals surface area contributed by atoms with Gasteiger partial charge in [-0.3, -0.25) is 0 Å². The molecule has 0 saturated carbocycles. The van der Waals surface area contributed by atoms with E-state index in [1.54, 1.807) is 0 Å². The maximum absolute atomic E-state index is 5.76. The van der Waals surface area contributed by atoms with E-state index in [-0.39, 0.29) is 0 Å². The van der Waals surface area contributed by atoms with Crippen molar-refractivity contribution in [1.82, 2.24) is 0 Å². The van der Waals surface area contributed by atoms with Crippen LogP contribution in [0.2, 0.25) is 0 Å². The van der Waals surface area contributed by atoms with Crippen LogP contribution in [0.3, 0.4) is 0 Å². The fourth-order valence-electron chi connectivity index (χ4n) is 2.07. The standard InChI is InChI=1S/C15H22O/c1-6-8-12(4)14-10-11(3)9-13(5)15(14)16-7-2/h6,9-10,12H,1,7-8H2,2-5H3. The largest absolute Gasteiger partial charge is 0.493 e. The number of hydrogen-bond acceptors (Lipinski definition) is 1. The van der Waals surface area contributed by atoms with Crippen molar-refractivity contribution in [3.63, 3.8) is 0 Å². The van der Waals surface area contributed by atoms with Crippen molar-refractivity contribution in [2.75, 3.05) is 6.61 Å². The van der Waals surface area contributed by atoms with Crippen molar-refractivity contribution in [2.24, 2.45) is 0 Å². The van der Waals surface area contributed by atoms with Crippen LogP contribution < -0.4 is 4.74 Å². The Balaban J connectivity index is 3.17. The highest BCUT2D eigenvalue weighted by atomic mass is 16.5. The molecule has 0 heterocycles. The molecule has 0 amide bonds. The summed E-state index contributed by atoms with van der Waals surface area (Å²) >= 11 is 0. The zero-order chi connectivity index (χ0) is 12.1. The second kappa shape index (κ2) is 5.74. The Morgan fingerprint density at radius 2 is 2.06 bits per heavy atom. The van der Waals surface area contributed by atoms with Crippen LogP contribution in [0, 0.1) is 13.8 Å². The van der Waals surface area contributed by atoms with Crippen molar-refractivity contribution in [3.05, 3.63) is 41.5 Å². The van der Waals surface area contributed by atoms with Crippen molar-refractivity contribution in [3.8, 4) is 5.75 Å². The molecule has 0 spiro atoms. The third-order valence-electron chi connectivity index (χ3n) is 2.79. The lowest BCUT2D eigenvalue weighted by Crippen LogP contribution is -2.02. The maximum Gasteiger partial charge on any atom is 0.125 e. The number of hydrogen-bond donors (Lipinski definition) is 0. The minimum atomic E-state index is 0.470. The molecule has 1 nitrogen and oxygen atoms in total. The van der Waals surface area contributed by atoms with E-state index in [4.69, 9.17) is 4.74 Å². The van der Waals surface area contributed by atoms with Gasteiger partial charge in [0.1, 0.15) is 5.75 Å². The third-order valence-corrected chi connectivity index (χ3v) is 2.79. The smallest absolute Gasteiger partial charge is 0.125 e.